The molecule has 0 spiro atoms. The number of halogens is 2. The number of aromatic amines is 1. The molecule has 1 heterocycles. The number of thioether (sulfide) groups is 1. The van der Waals surface area contributed by atoms with Gasteiger partial charge in [-0.15, -0.1) is 5.10 Å². The topological polar surface area (TPSA) is 50.8 Å². The van der Waals surface area contributed by atoms with E-state index in [1.54, 1.807) is 18.2 Å². The smallest absolute Gasteiger partial charge is 0.208 e. The highest BCUT2D eigenvalue weighted by Crippen LogP contribution is 2.27. The summed E-state index contributed by atoms with van der Waals surface area (Å²) >= 11 is 13.4. The van der Waals surface area contributed by atoms with E-state index >= 15 is 0 Å². The lowest BCUT2D eigenvalue weighted by Gasteiger charge is -2.07. The van der Waals surface area contributed by atoms with E-state index in [0.717, 1.165) is 11.4 Å². The number of hydrogen-bond acceptors (Lipinski definition) is 4. The summed E-state index contributed by atoms with van der Waals surface area (Å²) in [5.74, 6) is 2.09. The first-order valence-corrected chi connectivity index (χ1v) is 8.65. The van der Waals surface area contributed by atoms with E-state index in [-0.39, 0.29) is 0 Å². The largest absolute Gasteiger partial charge is 0.491 e. The fourth-order valence-electron chi connectivity index (χ4n) is 1.91. The Morgan fingerprint density at radius 3 is 2.70 bits per heavy atom. The third kappa shape index (κ3) is 4.41. The maximum atomic E-state index is 6.05. The molecular formula is C16H13Cl2N3OS. The number of ether oxygens (including phenoxy) is 1. The summed E-state index contributed by atoms with van der Waals surface area (Å²) in [6.45, 7) is 0.501. The van der Waals surface area contributed by atoms with Crippen LogP contribution in [0, 0.1) is 0 Å². The summed E-state index contributed by atoms with van der Waals surface area (Å²) in [6, 6.07) is 15.0. The molecule has 0 saturated heterocycles. The van der Waals surface area contributed by atoms with Crippen LogP contribution in [0.25, 0.3) is 11.4 Å². The molecule has 0 aliphatic rings. The summed E-state index contributed by atoms with van der Waals surface area (Å²) in [7, 11) is 0. The summed E-state index contributed by atoms with van der Waals surface area (Å²) in [5, 5.41) is 8.92. The van der Waals surface area contributed by atoms with Crippen molar-refractivity contribution in [2.45, 2.75) is 5.16 Å². The van der Waals surface area contributed by atoms with Crippen LogP contribution >= 0.6 is 35.0 Å². The molecule has 0 fully saturated rings. The predicted molar refractivity (Wildman–Crippen MR) is 94.5 cm³/mol. The summed E-state index contributed by atoms with van der Waals surface area (Å²) in [4.78, 5) is 4.45. The average Bonchev–Trinajstić information content (AvgIpc) is 3.03. The van der Waals surface area contributed by atoms with E-state index in [4.69, 9.17) is 27.9 Å². The van der Waals surface area contributed by atoms with Crippen LogP contribution in [-0.2, 0) is 0 Å². The Hall–Kier alpha value is -1.69. The van der Waals surface area contributed by atoms with E-state index < -0.39 is 0 Å². The van der Waals surface area contributed by atoms with Crippen molar-refractivity contribution >= 4 is 35.0 Å². The Labute approximate surface area is 148 Å². The van der Waals surface area contributed by atoms with Gasteiger partial charge in [0.25, 0.3) is 0 Å². The zero-order chi connectivity index (χ0) is 16.1. The fourth-order valence-corrected chi connectivity index (χ4v) is 2.99. The Kier molecular flexibility index (Phi) is 5.43. The molecule has 0 bridgehead atoms. The Balaban J connectivity index is 1.50. The first kappa shape index (κ1) is 16.2. The van der Waals surface area contributed by atoms with Crippen molar-refractivity contribution in [3.05, 3.63) is 58.6 Å². The molecule has 3 rings (SSSR count). The van der Waals surface area contributed by atoms with Gasteiger partial charge in [0.2, 0.25) is 5.16 Å². The molecule has 2 aromatic carbocycles. The Morgan fingerprint density at radius 1 is 1.09 bits per heavy atom. The maximum Gasteiger partial charge on any atom is 0.208 e. The molecule has 0 aliphatic heterocycles. The maximum absolute atomic E-state index is 6.05. The van der Waals surface area contributed by atoms with Crippen LogP contribution < -0.4 is 4.74 Å². The molecular weight excluding hydrogens is 353 g/mol. The Morgan fingerprint density at radius 2 is 1.91 bits per heavy atom. The summed E-state index contributed by atoms with van der Waals surface area (Å²) in [6.07, 6.45) is 0. The van der Waals surface area contributed by atoms with Crippen molar-refractivity contribution in [2.24, 2.45) is 0 Å². The first-order chi connectivity index (χ1) is 11.2. The van der Waals surface area contributed by atoms with E-state index in [9.17, 15) is 0 Å². The molecule has 118 valence electrons. The number of aromatic nitrogens is 3. The first-order valence-electron chi connectivity index (χ1n) is 6.91. The van der Waals surface area contributed by atoms with Crippen molar-refractivity contribution in [3.8, 4) is 17.1 Å². The zero-order valence-electron chi connectivity index (χ0n) is 12.0. The van der Waals surface area contributed by atoms with Gasteiger partial charge < -0.3 is 4.74 Å². The zero-order valence-corrected chi connectivity index (χ0v) is 14.3. The van der Waals surface area contributed by atoms with Crippen LogP contribution in [0.2, 0.25) is 10.0 Å². The van der Waals surface area contributed by atoms with Crippen LogP contribution in [-0.4, -0.2) is 27.5 Å². The molecule has 0 unspecified atom stereocenters. The minimum Gasteiger partial charge on any atom is -0.491 e. The van der Waals surface area contributed by atoms with Gasteiger partial charge in [0.1, 0.15) is 5.75 Å². The monoisotopic (exact) mass is 365 g/mol. The van der Waals surface area contributed by atoms with Crippen LogP contribution in [0.5, 0.6) is 5.75 Å². The number of nitrogens with zero attached hydrogens (tertiary/aromatic N) is 2. The van der Waals surface area contributed by atoms with Crippen molar-refractivity contribution in [1.29, 1.82) is 0 Å². The van der Waals surface area contributed by atoms with Gasteiger partial charge in [0.05, 0.1) is 11.6 Å². The van der Waals surface area contributed by atoms with Crippen LogP contribution in [0.3, 0.4) is 0 Å². The van der Waals surface area contributed by atoms with Gasteiger partial charge in [-0.2, -0.15) is 0 Å². The van der Waals surface area contributed by atoms with Gasteiger partial charge in [0, 0.05) is 16.3 Å². The fraction of sp³-hybridized carbons (Fsp3) is 0.125. The normalized spacial score (nSPS) is 10.7. The van der Waals surface area contributed by atoms with Gasteiger partial charge in [-0.1, -0.05) is 65.3 Å². The van der Waals surface area contributed by atoms with Gasteiger partial charge in [-0.25, -0.2) is 4.98 Å². The molecule has 7 heteroatoms. The predicted octanol–water partition coefficient (Wildman–Crippen LogP) is 4.95. The lowest BCUT2D eigenvalue weighted by molar-refractivity contribution is 0.344. The second-order valence-electron chi connectivity index (χ2n) is 4.60. The van der Waals surface area contributed by atoms with Crippen LogP contribution in [0.15, 0.2) is 53.7 Å². The molecule has 0 saturated carbocycles. The van der Waals surface area contributed by atoms with Gasteiger partial charge in [-0.05, 0) is 18.2 Å². The molecule has 1 aromatic heterocycles. The minimum absolute atomic E-state index is 0.501. The number of benzene rings is 2. The quantitative estimate of drug-likeness (QED) is 0.495. The lowest BCUT2D eigenvalue weighted by atomic mass is 10.2. The van der Waals surface area contributed by atoms with E-state index in [2.05, 4.69) is 15.2 Å². The van der Waals surface area contributed by atoms with Gasteiger partial charge in [0.15, 0.2) is 5.82 Å². The lowest BCUT2D eigenvalue weighted by Crippen LogP contribution is -2.00. The second-order valence-corrected chi connectivity index (χ2v) is 6.51. The summed E-state index contributed by atoms with van der Waals surface area (Å²) in [5.41, 5.74) is 1.01. The highest BCUT2D eigenvalue weighted by molar-refractivity contribution is 7.99. The van der Waals surface area contributed by atoms with E-state index in [0.29, 0.717) is 33.3 Å². The molecule has 0 aliphatic carbocycles. The van der Waals surface area contributed by atoms with Crippen molar-refractivity contribution < 1.29 is 4.74 Å². The molecule has 3 aromatic rings. The van der Waals surface area contributed by atoms with Crippen molar-refractivity contribution in [1.82, 2.24) is 15.2 Å². The number of hydrogen-bond donors (Lipinski definition) is 1. The number of nitrogens with one attached hydrogen (secondary N) is 1. The molecule has 23 heavy (non-hydrogen) atoms. The highest BCUT2D eigenvalue weighted by atomic mass is 35.5. The molecule has 1 N–H and O–H groups in total. The van der Waals surface area contributed by atoms with E-state index in [1.807, 2.05) is 30.3 Å². The van der Waals surface area contributed by atoms with Gasteiger partial charge >= 0.3 is 0 Å². The minimum atomic E-state index is 0.501. The standard InChI is InChI=1S/C16H13Cl2N3OS/c17-12-6-7-14(13(18)10-12)22-8-9-23-16-19-15(20-21-16)11-4-2-1-3-5-11/h1-7,10H,8-9H2,(H,19,20,21). The highest BCUT2D eigenvalue weighted by Gasteiger charge is 2.06. The molecule has 0 atom stereocenters. The van der Waals surface area contributed by atoms with E-state index in [1.165, 1.54) is 11.8 Å². The number of H-pyrrole nitrogens is 1. The average molecular weight is 366 g/mol. The SMILES string of the molecule is Clc1ccc(OCCSc2n[nH]c(-c3ccccc3)n2)c(Cl)c1. The molecule has 0 radical (unpaired) electrons. The molecule has 4 nitrogen and oxygen atoms in total. The van der Waals surface area contributed by atoms with Crippen molar-refractivity contribution in [2.75, 3.05) is 12.4 Å². The number of rotatable bonds is 6. The molecule has 0 amide bonds. The third-order valence-electron chi connectivity index (χ3n) is 2.98. The summed E-state index contributed by atoms with van der Waals surface area (Å²) < 4.78 is 5.63. The Bertz CT molecular complexity index is 780. The van der Waals surface area contributed by atoms with Gasteiger partial charge in [-0.3, -0.25) is 5.10 Å². The van der Waals surface area contributed by atoms with Crippen molar-refractivity contribution in [3.63, 3.8) is 0 Å². The second kappa shape index (κ2) is 7.73. The van der Waals surface area contributed by atoms with Crippen LogP contribution in [0.1, 0.15) is 0 Å². The third-order valence-corrected chi connectivity index (χ3v) is 4.32. The van der Waals surface area contributed by atoms with Crippen LogP contribution in [0.4, 0.5) is 0 Å².